The Kier molecular flexibility index (Phi) is 6.60. The van der Waals surface area contributed by atoms with E-state index in [-0.39, 0.29) is 5.91 Å². The number of amides is 1. The molecule has 0 spiro atoms. The van der Waals surface area contributed by atoms with Crippen LogP contribution >= 0.6 is 11.8 Å². The highest BCUT2D eigenvalue weighted by atomic mass is 32.2. The van der Waals surface area contributed by atoms with E-state index in [2.05, 4.69) is 10.3 Å². The molecule has 1 fully saturated rings. The van der Waals surface area contributed by atoms with Crippen molar-refractivity contribution in [3.05, 3.63) is 52.9 Å². The lowest BCUT2D eigenvalue weighted by molar-refractivity contribution is -0.115. The summed E-state index contributed by atoms with van der Waals surface area (Å²) in [6, 6.07) is 12.9. The molecule has 146 valence electrons. The molecule has 1 aliphatic rings. The van der Waals surface area contributed by atoms with Gasteiger partial charge in [0.15, 0.2) is 5.17 Å². The van der Waals surface area contributed by atoms with Gasteiger partial charge in [0.2, 0.25) is 0 Å². The number of nitrogens with one attached hydrogen (secondary N) is 1. The summed E-state index contributed by atoms with van der Waals surface area (Å²) in [6.45, 7) is 4.95. The van der Waals surface area contributed by atoms with Crippen molar-refractivity contribution in [3.8, 4) is 17.2 Å². The zero-order valence-electron chi connectivity index (χ0n) is 16.0. The Morgan fingerprint density at radius 3 is 2.43 bits per heavy atom. The number of nitrogens with zero attached hydrogens (tertiary/aromatic N) is 1. The van der Waals surface area contributed by atoms with Crippen molar-refractivity contribution in [1.82, 2.24) is 5.32 Å². The fourth-order valence-electron chi connectivity index (χ4n) is 2.57. The number of hydrogen-bond acceptors (Lipinski definition) is 6. The summed E-state index contributed by atoms with van der Waals surface area (Å²) in [7, 11) is 1.61. The number of aliphatic imine (C=N–C) groups is 1. The van der Waals surface area contributed by atoms with Crippen LogP contribution in [-0.2, 0) is 4.79 Å². The third-order valence-electron chi connectivity index (χ3n) is 3.84. The van der Waals surface area contributed by atoms with Gasteiger partial charge >= 0.3 is 0 Å². The van der Waals surface area contributed by atoms with Crippen LogP contribution in [0.4, 0.5) is 5.69 Å². The average Bonchev–Trinajstić information content (AvgIpc) is 3.03. The summed E-state index contributed by atoms with van der Waals surface area (Å²) in [5, 5.41) is 3.33. The first-order chi connectivity index (χ1) is 13.6. The third-order valence-corrected chi connectivity index (χ3v) is 4.75. The first-order valence-corrected chi connectivity index (χ1v) is 9.78. The van der Waals surface area contributed by atoms with Gasteiger partial charge < -0.3 is 19.5 Å². The maximum atomic E-state index is 12.4. The lowest BCUT2D eigenvalue weighted by atomic mass is 10.1. The minimum atomic E-state index is -0.186. The van der Waals surface area contributed by atoms with E-state index in [9.17, 15) is 4.79 Å². The van der Waals surface area contributed by atoms with E-state index in [4.69, 9.17) is 14.2 Å². The van der Waals surface area contributed by atoms with Gasteiger partial charge in [0.25, 0.3) is 5.91 Å². The van der Waals surface area contributed by atoms with Crippen LogP contribution in [0.5, 0.6) is 17.2 Å². The second kappa shape index (κ2) is 9.32. The van der Waals surface area contributed by atoms with Gasteiger partial charge in [-0.2, -0.15) is 0 Å². The smallest absolute Gasteiger partial charge is 0.264 e. The number of carbonyl (C=O) groups is 1. The fourth-order valence-corrected chi connectivity index (χ4v) is 3.40. The predicted octanol–water partition coefficient (Wildman–Crippen LogP) is 4.38. The first-order valence-electron chi connectivity index (χ1n) is 8.96. The van der Waals surface area contributed by atoms with Gasteiger partial charge in [-0.05, 0) is 68.1 Å². The third kappa shape index (κ3) is 4.86. The molecule has 1 saturated heterocycles. The molecule has 1 heterocycles. The number of rotatable bonds is 7. The molecule has 1 N–H and O–H groups in total. The summed E-state index contributed by atoms with van der Waals surface area (Å²) in [6.07, 6.45) is 1.80. The zero-order valence-corrected chi connectivity index (χ0v) is 16.8. The highest BCUT2D eigenvalue weighted by Gasteiger charge is 2.24. The molecule has 0 atom stereocenters. The van der Waals surface area contributed by atoms with Crippen molar-refractivity contribution in [3.63, 3.8) is 0 Å². The van der Waals surface area contributed by atoms with E-state index < -0.39 is 0 Å². The van der Waals surface area contributed by atoms with E-state index in [1.165, 1.54) is 11.8 Å². The van der Waals surface area contributed by atoms with Crippen molar-refractivity contribution in [2.24, 2.45) is 4.99 Å². The molecule has 1 aliphatic heterocycles. The number of methoxy groups -OCH3 is 1. The van der Waals surface area contributed by atoms with Gasteiger partial charge in [-0.3, -0.25) is 4.79 Å². The van der Waals surface area contributed by atoms with Crippen molar-refractivity contribution >= 4 is 34.6 Å². The molecule has 6 nitrogen and oxygen atoms in total. The van der Waals surface area contributed by atoms with Crippen LogP contribution in [0.3, 0.4) is 0 Å². The van der Waals surface area contributed by atoms with Crippen LogP contribution in [0.1, 0.15) is 19.4 Å². The van der Waals surface area contributed by atoms with Crippen molar-refractivity contribution in [2.75, 3.05) is 20.3 Å². The maximum Gasteiger partial charge on any atom is 0.264 e. The number of carbonyl (C=O) groups excluding carboxylic acids is 1. The molecule has 2 aromatic carbocycles. The summed E-state index contributed by atoms with van der Waals surface area (Å²) in [5.74, 6) is 1.98. The predicted molar refractivity (Wildman–Crippen MR) is 113 cm³/mol. The SMILES string of the molecule is CCOc1ccc(/C=C2/SC(=Nc3ccc(OC)cc3)NC2=O)c(OCC)c1. The molecule has 3 rings (SSSR count). The molecule has 0 aromatic heterocycles. The average molecular weight is 398 g/mol. The summed E-state index contributed by atoms with van der Waals surface area (Å²) >= 11 is 1.29. The quantitative estimate of drug-likeness (QED) is 0.701. The molecule has 28 heavy (non-hydrogen) atoms. The Morgan fingerprint density at radius 2 is 1.75 bits per heavy atom. The topological polar surface area (TPSA) is 69.2 Å². The highest BCUT2D eigenvalue weighted by Crippen LogP contribution is 2.32. The van der Waals surface area contributed by atoms with E-state index in [0.717, 1.165) is 22.7 Å². The van der Waals surface area contributed by atoms with Crippen LogP contribution in [-0.4, -0.2) is 31.4 Å². The number of ether oxygens (including phenoxy) is 3. The Labute approximate surface area is 168 Å². The second-order valence-corrected chi connectivity index (χ2v) is 6.78. The van der Waals surface area contributed by atoms with Gasteiger partial charge in [0.1, 0.15) is 17.2 Å². The van der Waals surface area contributed by atoms with E-state index in [1.807, 2.05) is 56.3 Å². The van der Waals surface area contributed by atoms with Crippen LogP contribution in [0.25, 0.3) is 6.08 Å². The minimum absolute atomic E-state index is 0.186. The van der Waals surface area contributed by atoms with E-state index in [1.54, 1.807) is 13.2 Å². The normalized spacial score (nSPS) is 16.3. The Morgan fingerprint density at radius 1 is 1.04 bits per heavy atom. The van der Waals surface area contributed by atoms with Gasteiger partial charge in [-0.25, -0.2) is 4.99 Å². The molecular weight excluding hydrogens is 376 g/mol. The van der Waals surface area contributed by atoms with Crippen LogP contribution in [0.2, 0.25) is 0 Å². The summed E-state index contributed by atoms with van der Waals surface area (Å²) in [4.78, 5) is 17.4. The summed E-state index contributed by atoms with van der Waals surface area (Å²) in [5.41, 5.74) is 1.55. The number of thioether (sulfide) groups is 1. The Bertz CT molecular complexity index is 907. The first kappa shape index (κ1) is 19.8. The molecular formula is C21H22N2O4S. The van der Waals surface area contributed by atoms with Crippen LogP contribution < -0.4 is 19.5 Å². The largest absolute Gasteiger partial charge is 0.497 e. The molecule has 2 aromatic rings. The fraction of sp³-hybridized carbons (Fsp3) is 0.238. The zero-order chi connectivity index (χ0) is 19.9. The van der Waals surface area contributed by atoms with Crippen LogP contribution in [0, 0.1) is 0 Å². The molecule has 0 radical (unpaired) electrons. The monoisotopic (exact) mass is 398 g/mol. The molecule has 7 heteroatoms. The lowest BCUT2D eigenvalue weighted by Gasteiger charge is -2.10. The maximum absolute atomic E-state index is 12.4. The number of hydrogen-bond donors (Lipinski definition) is 1. The highest BCUT2D eigenvalue weighted by molar-refractivity contribution is 8.18. The lowest BCUT2D eigenvalue weighted by Crippen LogP contribution is -2.19. The number of amidine groups is 1. The number of benzene rings is 2. The molecule has 0 bridgehead atoms. The van der Waals surface area contributed by atoms with Gasteiger partial charge in [0.05, 0.1) is 30.9 Å². The second-order valence-electron chi connectivity index (χ2n) is 5.75. The van der Waals surface area contributed by atoms with E-state index in [0.29, 0.717) is 29.0 Å². The standard InChI is InChI=1S/C21H22N2O4S/c1-4-26-17-9-6-14(18(13-17)27-5-2)12-19-20(24)23-21(28-19)22-15-7-10-16(25-3)11-8-15/h6-13H,4-5H2,1-3H3,(H,22,23,24)/b19-12+. The van der Waals surface area contributed by atoms with Crippen molar-refractivity contribution in [1.29, 1.82) is 0 Å². The summed E-state index contributed by atoms with van der Waals surface area (Å²) < 4.78 is 16.4. The molecule has 0 saturated carbocycles. The van der Waals surface area contributed by atoms with Gasteiger partial charge in [-0.15, -0.1) is 0 Å². The van der Waals surface area contributed by atoms with Crippen molar-refractivity contribution < 1.29 is 19.0 Å². The van der Waals surface area contributed by atoms with Crippen LogP contribution in [0.15, 0.2) is 52.4 Å². The van der Waals surface area contributed by atoms with Gasteiger partial charge in [-0.1, -0.05) is 0 Å². The van der Waals surface area contributed by atoms with E-state index >= 15 is 0 Å². The minimum Gasteiger partial charge on any atom is -0.497 e. The molecule has 0 unspecified atom stereocenters. The Balaban J connectivity index is 1.82. The van der Waals surface area contributed by atoms with Crippen molar-refractivity contribution in [2.45, 2.75) is 13.8 Å². The van der Waals surface area contributed by atoms with Gasteiger partial charge in [0, 0.05) is 11.6 Å². The molecule has 1 amide bonds. The molecule has 0 aliphatic carbocycles. The Hall–Kier alpha value is -2.93.